The Balaban J connectivity index is 1.71. The van der Waals surface area contributed by atoms with Gasteiger partial charge >= 0.3 is 0 Å². The molecule has 1 N–H and O–H groups in total. The Labute approximate surface area is 193 Å². The van der Waals surface area contributed by atoms with E-state index >= 15 is 0 Å². The van der Waals surface area contributed by atoms with Gasteiger partial charge in [0, 0.05) is 36.5 Å². The zero-order chi connectivity index (χ0) is 22.7. The average Bonchev–Trinajstić information content (AvgIpc) is 3.38. The first kappa shape index (κ1) is 23.2. The van der Waals surface area contributed by atoms with Crippen molar-refractivity contribution in [2.45, 2.75) is 32.5 Å². The summed E-state index contributed by atoms with van der Waals surface area (Å²) >= 11 is 4.15. The molecule has 0 aliphatic carbocycles. The minimum Gasteiger partial charge on any atom is -0.344 e. The molecule has 3 heterocycles. The number of hydrogen-bond acceptors (Lipinski definition) is 8. The van der Waals surface area contributed by atoms with Gasteiger partial charge in [-0.1, -0.05) is 29.2 Å². The van der Waals surface area contributed by atoms with Gasteiger partial charge in [0.15, 0.2) is 16.1 Å². The number of aromatic nitrogens is 4. The molecule has 3 aromatic heterocycles. The summed E-state index contributed by atoms with van der Waals surface area (Å²) in [6.45, 7) is 10.3. The highest BCUT2D eigenvalue weighted by Gasteiger charge is 2.20. The molecule has 0 aliphatic rings. The number of hydrogen-bond donors (Lipinski definition) is 1. The lowest BCUT2D eigenvalue weighted by molar-refractivity contribution is -0.113. The van der Waals surface area contributed by atoms with E-state index in [-0.39, 0.29) is 17.6 Å². The third-order valence-electron chi connectivity index (χ3n) is 4.53. The molecule has 0 saturated carbocycles. The van der Waals surface area contributed by atoms with Crippen molar-refractivity contribution in [1.82, 2.24) is 24.6 Å². The molecular weight excluding hydrogens is 452 g/mol. The summed E-state index contributed by atoms with van der Waals surface area (Å²) in [4.78, 5) is 32.2. The predicted molar refractivity (Wildman–Crippen MR) is 127 cm³/mol. The van der Waals surface area contributed by atoms with Crippen molar-refractivity contribution in [3.8, 4) is 11.4 Å². The minimum absolute atomic E-state index is 0.131. The molecule has 8 nitrogen and oxygen atoms in total. The highest BCUT2D eigenvalue weighted by atomic mass is 32.2. The van der Waals surface area contributed by atoms with E-state index < -0.39 is 0 Å². The van der Waals surface area contributed by atoms with Crippen LogP contribution < -0.4 is 5.32 Å². The monoisotopic (exact) mass is 476 g/mol. The quantitative estimate of drug-likeness (QED) is 0.390. The van der Waals surface area contributed by atoms with Gasteiger partial charge in [-0.15, -0.1) is 28.1 Å². The number of rotatable bonds is 8. The number of nitrogens with zero attached hydrogens (tertiary/aromatic N) is 5. The van der Waals surface area contributed by atoms with E-state index in [4.69, 9.17) is 0 Å². The SMILES string of the molecule is C=CCn1c(SCC(=O)Nc2nc(C)c(C(=O)N(C)C)s2)nnc1-c1csc(C)c1C. The first-order valence-corrected chi connectivity index (χ1v) is 12.1. The summed E-state index contributed by atoms with van der Waals surface area (Å²) in [5, 5.41) is 14.6. The number of carbonyl (C=O) groups is 2. The second kappa shape index (κ2) is 9.75. The molecule has 0 fully saturated rings. The fourth-order valence-electron chi connectivity index (χ4n) is 2.76. The van der Waals surface area contributed by atoms with Crippen LogP contribution in [0, 0.1) is 20.8 Å². The average molecular weight is 477 g/mol. The van der Waals surface area contributed by atoms with Crippen LogP contribution in [0.25, 0.3) is 11.4 Å². The van der Waals surface area contributed by atoms with Gasteiger partial charge in [0.2, 0.25) is 5.91 Å². The number of thioether (sulfide) groups is 1. The fourth-order valence-corrected chi connectivity index (χ4v) is 5.37. The first-order valence-electron chi connectivity index (χ1n) is 9.43. The summed E-state index contributed by atoms with van der Waals surface area (Å²) in [6, 6.07) is 0. The molecule has 31 heavy (non-hydrogen) atoms. The summed E-state index contributed by atoms with van der Waals surface area (Å²) in [6.07, 6.45) is 1.78. The number of thiophene rings is 1. The largest absolute Gasteiger partial charge is 0.344 e. The summed E-state index contributed by atoms with van der Waals surface area (Å²) < 4.78 is 1.96. The van der Waals surface area contributed by atoms with Crippen LogP contribution in [0.2, 0.25) is 0 Å². The van der Waals surface area contributed by atoms with Crippen molar-refractivity contribution < 1.29 is 9.59 Å². The van der Waals surface area contributed by atoms with Crippen LogP contribution in [0.1, 0.15) is 25.8 Å². The van der Waals surface area contributed by atoms with Crippen LogP contribution in [0.15, 0.2) is 23.2 Å². The van der Waals surface area contributed by atoms with Crippen molar-refractivity contribution >= 4 is 51.4 Å². The second-order valence-corrected chi connectivity index (χ2v) is 10.0. The summed E-state index contributed by atoms with van der Waals surface area (Å²) in [5.74, 6) is 0.563. The molecule has 0 bridgehead atoms. The lowest BCUT2D eigenvalue weighted by Gasteiger charge is -2.08. The molecule has 0 unspecified atom stereocenters. The number of allylic oxidation sites excluding steroid dienone is 1. The molecule has 3 rings (SSSR count). The van der Waals surface area contributed by atoms with E-state index in [9.17, 15) is 9.59 Å². The van der Waals surface area contributed by atoms with E-state index in [1.165, 1.54) is 38.4 Å². The lowest BCUT2D eigenvalue weighted by atomic mass is 10.1. The second-order valence-electron chi connectivity index (χ2n) is 7.01. The maximum absolute atomic E-state index is 12.5. The van der Waals surface area contributed by atoms with Gasteiger partial charge < -0.3 is 10.2 Å². The smallest absolute Gasteiger partial charge is 0.265 e. The molecule has 0 aromatic carbocycles. The Bertz CT molecular complexity index is 1130. The van der Waals surface area contributed by atoms with E-state index in [1.807, 2.05) is 4.57 Å². The zero-order valence-electron chi connectivity index (χ0n) is 18.1. The highest BCUT2D eigenvalue weighted by molar-refractivity contribution is 7.99. The van der Waals surface area contributed by atoms with Gasteiger partial charge in [0.25, 0.3) is 5.91 Å². The number of carbonyl (C=O) groups excluding carboxylic acids is 2. The van der Waals surface area contributed by atoms with Crippen molar-refractivity contribution in [3.63, 3.8) is 0 Å². The number of nitrogens with one attached hydrogen (secondary N) is 1. The molecule has 0 aliphatic heterocycles. The predicted octanol–water partition coefficient (Wildman–Crippen LogP) is 4.01. The molecule has 2 amide bonds. The molecule has 0 atom stereocenters. The van der Waals surface area contributed by atoms with Crippen molar-refractivity contribution in [2.24, 2.45) is 0 Å². The fraction of sp³-hybridized carbons (Fsp3) is 0.350. The molecule has 164 valence electrons. The van der Waals surface area contributed by atoms with Crippen molar-refractivity contribution in [1.29, 1.82) is 0 Å². The van der Waals surface area contributed by atoms with Crippen molar-refractivity contribution in [3.05, 3.63) is 39.0 Å². The molecule has 0 saturated heterocycles. The molecule has 0 spiro atoms. The van der Waals surface area contributed by atoms with Crippen LogP contribution in [0.5, 0.6) is 0 Å². The third kappa shape index (κ3) is 5.05. The zero-order valence-corrected chi connectivity index (χ0v) is 20.5. The maximum atomic E-state index is 12.5. The summed E-state index contributed by atoms with van der Waals surface area (Å²) in [7, 11) is 3.37. The van der Waals surface area contributed by atoms with Gasteiger partial charge in [-0.3, -0.25) is 14.2 Å². The number of aryl methyl sites for hydroxylation is 2. The standard InChI is InChI=1S/C20H24N6O2S3/c1-7-8-26-17(14-9-29-13(4)11(14)2)23-24-20(26)30-10-15(27)22-19-21-12(3)16(31-19)18(28)25(5)6/h7,9H,1,8,10H2,2-6H3,(H,21,22,27). The lowest BCUT2D eigenvalue weighted by Crippen LogP contribution is -2.21. The highest BCUT2D eigenvalue weighted by Crippen LogP contribution is 2.31. The van der Waals surface area contributed by atoms with E-state index in [2.05, 4.69) is 46.3 Å². The van der Waals surface area contributed by atoms with Gasteiger partial charge in [-0.25, -0.2) is 4.98 Å². The minimum atomic E-state index is -0.222. The Hall–Kier alpha value is -2.50. The topological polar surface area (TPSA) is 93.0 Å². The Morgan fingerprint density at radius 2 is 2.03 bits per heavy atom. The Kier molecular flexibility index (Phi) is 7.29. The summed E-state index contributed by atoms with van der Waals surface area (Å²) in [5.41, 5.74) is 2.83. The van der Waals surface area contributed by atoms with E-state index in [0.29, 0.717) is 27.4 Å². The van der Waals surface area contributed by atoms with Crippen LogP contribution in [-0.2, 0) is 11.3 Å². The molecule has 11 heteroatoms. The van der Waals surface area contributed by atoms with Gasteiger partial charge in [-0.05, 0) is 26.3 Å². The van der Waals surface area contributed by atoms with E-state index in [0.717, 1.165) is 11.4 Å². The third-order valence-corrected chi connectivity index (χ3v) is 7.57. The maximum Gasteiger partial charge on any atom is 0.265 e. The van der Waals surface area contributed by atoms with Crippen molar-refractivity contribution in [2.75, 3.05) is 25.2 Å². The molecule has 0 radical (unpaired) electrons. The Morgan fingerprint density at radius 3 is 2.65 bits per heavy atom. The van der Waals surface area contributed by atoms with Crippen LogP contribution in [-0.4, -0.2) is 56.3 Å². The molecular formula is C20H24N6O2S3. The Morgan fingerprint density at radius 1 is 1.29 bits per heavy atom. The normalized spacial score (nSPS) is 10.9. The van der Waals surface area contributed by atoms with Crippen LogP contribution >= 0.6 is 34.4 Å². The van der Waals surface area contributed by atoms with E-state index in [1.54, 1.807) is 38.4 Å². The molecule has 3 aromatic rings. The van der Waals surface area contributed by atoms with Crippen LogP contribution in [0.4, 0.5) is 5.13 Å². The number of thiazole rings is 1. The van der Waals surface area contributed by atoms with Gasteiger partial charge in [0.1, 0.15) is 4.88 Å². The number of anilines is 1. The van der Waals surface area contributed by atoms with Gasteiger partial charge in [-0.2, -0.15) is 0 Å². The first-order chi connectivity index (χ1) is 14.7. The van der Waals surface area contributed by atoms with Crippen LogP contribution in [0.3, 0.4) is 0 Å². The van der Waals surface area contributed by atoms with Gasteiger partial charge in [0.05, 0.1) is 11.4 Å². The number of amides is 2.